The van der Waals surface area contributed by atoms with Gasteiger partial charge in [0.2, 0.25) is 0 Å². The first-order valence-corrected chi connectivity index (χ1v) is 8.09. The van der Waals surface area contributed by atoms with E-state index in [-0.39, 0.29) is 5.91 Å². The van der Waals surface area contributed by atoms with Gasteiger partial charge in [-0.2, -0.15) is 0 Å². The average molecular weight is 318 g/mol. The van der Waals surface area contributed by atoms with E-state index < -0.39 is 0 Å². The molecule has 1 aromatic carbocycles. The molecule has 0 atom stereocenters. The van der Waals surface area contributed by atoms with Crippen molar-refractivity contribution in [3.05, 3.63) is 41.5 Å². The normalized spacial score (nSPS) is 15.0. The molecule has 126 valence electrons. The van der Waals surface area contributed by atoms with E-state index in [1.54, 1.807) is 12.1 Å². The zero-order valence-electron chi connectivity index (χ0n) is 14.0. The van der Waals surface area contributed by atoms with Crippen LogP contribution in [-0.4, -0.2) is 56.8 Å². The number of benzene rings is 1. The summed E-state index contributed by atoms with van der Waals surface area (Å²) in [5.41, 5.74) is 1.88. The smallest absolute Gasteiger partial charge is 0.251 e. The highest BCUT2D eigenvalue weighted by Crippen LogP contribution is 2.12. The molecular formula is C18H26N2O3. The monoisotopic (exact) mass is 318 g/mol. The Morgan fingerprint density at radius 3 is 2.61 bits per heavy atom. The third-order valence-corrected chi connectivity index (χ3v) is 3.68. The van der Waals surface area contributed by atoms with Crippen LogP contribution >= 0.6 is 0 Å². The molecular weight excluding hydrogens is 292 g/mol. The number of morpholine rings is 1. The van der Waals surface area contributed by atoms with Gasteiger partial charge in [0.1, 0.15) is 12.4 Å². The van der Waals surface area contributed by atoms with E-state index in [0.29, 0.717) is 18.7 Å². The maximum absolute atomic E-state index is 12.1. The molecule has 0 bridgehead atoms. The highest BCUT2D eigenvalue weighted by atomic mass is 16.5. The Labute approximate surface area is 138 Å². The van der Waals surface area contributed by atoms with Gasteiger partial charge in [0.05, 0.1) is 13.2 Å². The van der Waals surface area contributed by atoms with Gasteiger partial charge in [0.25, 0.3) is 5.91 Å². The van der Waals surface area contributed by atoms with Crippen LogP contribution in [0.5, 0.6) is 5.75 Å². The number of nitrogens with zero attached hydrogens (tertiary/aromatic N) is 1. The van der Waals surface area contributed by atoms with Crippen LogP contribution in [0.1, 0.15) is 24.2 Å². The fourth-order valence-electron chi connectivity index (χ4n) is 2.26. The Kier molecular flexibility index (Phi) is 7.10. The number of hydrogen-bond donors (Lipinski definition) is 1. The lowest BCUT2D eigenvalue weighted by atomic mass is 10.2. The maximum Gasteiger partial charge on any atom is 0.251 e. The van der Waals surface area contributed by atoms with Crippen LogP contribution < -0.4 is 10.1 Å². The number of ether oxygens (including phenoxy) is 2. The molecule has 0 radical (unpaired) electrons. The van der Waals surface area contributed by atoms with Gasteiger partial charge >= 0.3 is 0 Å². The first kappa shape index (κ1) is 17.5. The first-order valence-electron chi connectivity index (χ1n) is 8.09. The maximum atomic E-state index is 12.1. The van der Waals surface area contributed by atoms with Gasteiger partial charge in [-0.1, -0.05) is 5.57 Å². The third-order valence-electron chi connectivity index (χ3n) is 3.68. The van der Waals surface area contributed by atoms with Gasteiger partial charge in [-0.15, -0.1) is 0 Å². The molecule has 0 aromatic heterocycles. The predicted molar refractivity (Wildman–Crippen MR) is 91.0 cm³/mol. The van der Waals surface area contributed by atoms with Crippen molar-refractivity contribution in [2.75, 3.05) is 46.0 Å². The second kappa shape index (κ2) is 9.33. The molecule has 1 aliphatic rings. The second-order valence-electron chi connectivity index (χ2n) is 5.83. The molecule has 1 saturated heterocycles. The summed E-state index contributed by atoms with van der Waals surface area (Å²) in [6.45, 7) is 9.57. The molecule has 1 N–H and O–H groups in total. The van der Waals surface area contributed by atoms with Crippen molar-refractivity contribution in [3.63, 3.8) is 0 Å². The van der Waals surface area contributed by atoms with Crippen molar-refractivity contribution < 1.29 is 14.3 Å². The summed E-state index contributed by atoms with van der Waals surface area (Å²) in [6.07, 6.45) is 2.02. The summed E-state index contributed by atoms with van der Waals surface area (Å²) in [7, 11) is 0. The summed E-state index contributed by atoms with van der Waals surface area (Å²) >= 11 is 0. The third kappa shape index (κ3) is 6.42. The van der Waals surface area contributed by atoms with Gasteiger partial charge in [0.15, 0.2) is 0 Å². The van der Waals surface area contributed by atoms with Gasteiger partial charge in [-0.25, -0.2) is 0 Å². The molecule has 23 heavy (non-hydrogen) atoms. The number of amides is 1. The fourth-order valence-corrected chi connectivity index (χ4v) is 2.26. The van der Waals surface area contributed by atoms with Gasteiger partial charge in [0, 0.05) is 31.7 Å². The number of carbonyl (C=O) groups is 1. The van der Waals surface area contributed by atoms with Gasteiger partial charge in [-0.05, 0) is 44.2 Å². The van der Waals surface area contributed by atoms with Crippen molar-refractivity contribution >= 4 is 5.91 Å². The Hall–Kier alpha value is -1.85. The van der Waals surface area contributed by atoms with E-state index in [2.05, 4.69) is 10.2 Å². The molecule has 1 amide bonds. The summed E-state index contributed by atoms with van der Waals surface area (Å²) in [5, 5.41) is 2.95. The van der Waals surface area contributed by atoms with Crippen molar-refractivity contribution in [2.45, 2.75) is 13.8 Å². The minimum absolute atomic E-state index is 0.0471. The molecule has 1 heterocycles. The van der Waals surface area contributed by atoms with Gasteiger partial charge in [-0.3, -0.25) is 9.69 Å². The predicted octanol–water partition coefficient (Wildman–Crippen LogP) is 2.09. The summed E-state index contributed by atoms with van der Waals surface area (Å²) in [4.78, 5) is 14.4. The van der Waals surface area contributed by atoms with Crippen molar-refractivity contribution in [1.29, 1.82) is 0 Å². The molecule has 0 aliphatic carbocycles. The second-order valence-corrected chi connectivity index (χ2v) is 5.83. The molecule has 0 unspecified atom stereocenters. The molecule has 0 spiro atoms. The van der Waals surface area contributed by atoms with E-state index in [0.717, 1.165) is 38.6 Å². The lowest BCUT2D eigenvalue weighted by molar-refractivity contribution is 0.0383. The van der Waals surface area contributed by atoms with Crippen molar-refractivity contribution in [1.82, 2.24) is 10.2 Å². The molecule has 5 nitrogen and oxygen atoms in total. The van der Waals surface area contributed by atoms with E-state index in [1.807, 2.05) is 32.1 Å². The number of carbonyl (C=O) groups excluding carboxylic acids is 1. The highest BCUT2D eigenvalue weighted by Gasteiger charge is 2.10. The largest absolute Gasteiger partial charge is 0.490 e. The van der Waals surface area contributed by atoms with Gasteiger partial charge < -0.3 is 14.8 Å². The summed E-state index contributed by atoms with van der Waals surface area (Å²) in [5.74, 6) is 0.724. The van der Waals surface area contributed by atoms with E-state index >= 15 is 0 Å². The zero-order chi connectivity index (χ0) is 16.5. The van der Waals surface area contributed by atoms with Crippen LogP contribution in [0.15, 0.2) is 35.9 Å². The minimum Gasteiger partial charge on any atom is -0.490 e. The lowest BCUT2D eigenvalue weighted by Gasteiger charge is -2.26. The molecule has 0 saturated carbocycles. The Bertz CT molecular complexity index is 516. The van der Waals surface area contributed by atoms with E-state index in [1.165, 1.54) is 5.57 Å². The number of nitrogens with one attached hydrogen (secondary N) is 1. The Balaban J connectivity index is 1.72. The molecule has 1 aliphatic heterocycles. The first-order chi connectivity index (χ1) is 11.1. The van der Waals surface area contributed by atoms with E-state index in [4.69, 9.17) is 9.47 Å². The summed E-state index contributed by atoms with van der Waals surface area (Å²) < 4.78 is 10.9. The molecule has 1 fully saturated rings. The highest BCUT2D eigenvalue weighted by molar-refractivity contribution is 5.94. The molecule has 2 rings (SSSR count). The van der Waals surface area contributed by atoms with Crippen LogP contribution in [0.4, 0.5) is 0 Å². The van der Waals surface area contributed by atoms with Crippen LogP contribution in [-0.2, 0) is 4.74 Å². The number of allylic oxidation sites excluding steroid dienone is 1. The van der Waals surface area contributed by atoms with E-state index in [9.17, 15) is 4.79 Å². The average Bonchev–Trinajstić information content (AvgIpc) is 2.56. The summed E-state index contributed by atoms with van der Waals surface area (Å²) in [6, 6.07) is 7.25. The van der Waals surface area contributed by atoms with Crippen molar-refractivity contribution in [2.24, 2.45) is 0 Å². The standard InChI is InChI=1S/C18H26N2O3/c1-15(2)7-12-23-17-5-3-16(4-6-17)18(21)19-8-9-20-10-13-22-14-11-20/h3-7H,8-14H2,1-2H3,(H,19,21). The quantitative estimate of drug-likeness (QED) is 0.782. The Morgan fingerprint density at radius 2 is 1.96 bits per heavy atom. The van der Waals surface area contributed by atoms with Crippen molar-refractivity contribution in [3.8, 4) is 5.75 Å². The lowest BCUT2D eigenvalue weighted by Crippen LogP contribution is -2.41. The molecule has 5 heteroatoms. The SMILES string of the molecule is CC(C)=CCOc1ccc(C(=O)NCCN2CCOCC2)cc1. The van der Waals surface area contributed by atoms with Crippen LogP contribution in [0, 0.1) is 0 Å². The Morgan fingerprint density at radius 1 is 1.26 bits per heavy atom. The van der Waals surface area contributed by atoms with Crippen LogP contribution in [0.3, 0.4) is 0 Å². The minimum atomic E-state index is -0.0471. The molecule has 1 aromatic rings. The number of rotatable bonds is 7. The topological polar surface area (TPSA) is 50.8 Å². The number of hydrogen-bond acceptors (Lipinski definition) is 4. The van der Waals surface area contributed by atoms with Crippen LogP contribution in [0.25, 0.3) is 0 Å². The van der Waals surface area contributed by atoms with Crippen LogP contribution in [0.2, 0.25) is 0 Å². The zero-order valence-corrected chi connectivity index (χ0v) is 14.0. The fraction of sp³-hybridized carbons (Fsp3) is 0.500.